The van der Waals surface area contributed by atoms with Crippen LogP contribution in [0.15, 0.2) is 0 Å². The summed E-state index contributed by atoms with van der Waals surface area (Å²) >= 11 is 0. The third-order valence-corrected chi connectivity index (χ3v) is 2.67. The van der Waals surface area contributed by atoms with Crippen molar-refractivity contribution in [1.82, 2.24) is 5.32 Å². The number of alkyl halides is 3. The van der Waals surface area contributed by atoms with Crippen LogP contribution in [0.2, 0.25) is 0 Å². The van der Waals surface area contributed by atoms with Crippen LogP contribution < -0.4 is 5.32 Å². The molecule has 0 amide bonds. The van der Waals surface area contributed by atoms with Crippen LogP contribution in [-0.2, 0) is 4.74 Å². The first-order valence-corrected chi connectivity index (χ1v) is 5.91. The largest absolute Gasteiger partial charge is 0.391 e. The predicted octanol–water partition coefficient (Wildman–Crippen LogP) is 2.73. The summed E-state index contributed by atoms with van der Waals surface area (Å²) in [5, 5.41) is 3.32. The maximum absolute atomic E-state index is 11.9. The van der Waals surface area contributed by atoms with E-state index in [1.165, 1.54) is 12.8 Å². The summed E-state index contributed by atoms with van der Waals surface area (Å²) in [5.74, 6) is 0.609. The molecule has 0 aromatic heterocycles. The van der Waals surface area contributed by atoms with Crippen LogP contribution in [0.25, 0.3) is 0 Å². The van der Waals surface area contributed by atoms with Crippen molar-refractivity contribution in [3.63, 3.8) is 0 Å². The van der Waals surface area contributed by atoms with Gasteiger partial charge in [0.15, 0.2) is 0 Å². The number of nitrogens with one attached hydrogen (secondary N) is 1. The fourth-order valence-electron chi connectivity index (χ4n) is 1.59. The van der Waals surface area contributed by atoms with E-state index in [2.05, 4.69) is 12.2 Å². The predicted molar refractivity (Wildman–Crippen MR) is 56.3 cm³/mol. The molecular weight excluding hydrogens is 219 g/mol. The van der Waals surface area contributed by atoms with E-state index < -0.39 is 12.6 Å². The highest BCUT2D eigenvalue weighted by atomic mass is 19.4. The highest BCUT2D eigenvalue weighted by Gasteiger charge is 2.31. The Balaban J connectivity index is 2.08. The average Bonchev–Trinajstić information content (AvgIpc) is 2.98. The van der Waals surface area contributed by atoms with Crippen molar-refractivity contribution in [1.29, 1.82) is 0 Å². The van der Waals surface area contributed by atoms with E-state index in [0.717, 1.165) is 13.0 Å². The van der Waals surface area contributed by atoms with Crippen LogP contribution >= 0.6 is 0 Å². The monoisotopic (exact) mass is 239 g/mol. The topological polar surface area (TPSA) is 21.3 Å². The van der Waals surface area contributed by atoms with Crippen molar-refractivity contribution in [3.05, 3.63) is 0 Å². The Morgan fingerprint density at radius 1 is 1.38 bits per heavy atom. The van der Waals surface area contributed by atoms with E-state index in [4.69, 9.17) is 4.74 Å². The van der Waals surface area contributed by atoms with Crippen molar-refractivity contribution < 1.29 is 17.9 Å². The van der Waals surface area contributed by atoms with Crippen LogP contribution in [0.1, 0.15) is 32.6 Å². The maximum Gasteiger partial charge on any atom is 0.391 e. The van der Waals surface area contributed by atoms with E-state index in [9.17, 15) is 13.2 Å². The molecule has 96 valence electrons. The van der Waals surface area contributed by atoms with Crippen molar-refractivity contribution in [2.75, 3.05) is 19.8 Å². The number of halogens is 3. The van der Waals surface area contributed by atoms with Gasteiger partial charge in [0, 0.05) is 6.04 Å². The Bertz CT molecular complexity index is 192. The molecule has 0 saturated heterocycles. The lowest BCUT2D eigenvalue weighted by Gasteiger charge is -2.18. The normalized spacial score (nSPS) is 18.8. The summed E-state index contributed by atoms with van der Waals surface area (Å²) in [6.07, 6.45) is -1.58. The first kappa shape index (κ1) is 13.8. The molecule has 1 aliphatic carbocycles. The number of hydrogen-bond donors (Lipinski definition) is 1. The minimum atomic E-state index is -4.11. The Kier molecular flexibility index (Phi) is 5.55. The van der Waals surface area contributed by atoms with Crippen LogP contribution in [0, 0.1) is 5.92 Å². The van der Waals surface area contributed by atoms with Gasteiger partial charge in [-0.2, -0.15) is 13.2 Å². The molecule has 0 heterocycles. The van der Waals surface area contributed by atoms with E-state index in [0.29, 0.717) is 12.5 Å². The molecule has 0 spiro atoms. The zero-order valence-corrected chi connectivity index (χ0v) is 9.65. The van der Waals surface area contributed by atoms with Gasteiger partial charge in [0.1, 0.15) is 0 Å². The maximum atomic E-state index is 11.9. The summed E-state index contributed by atoms with van der Waals surface area (Å²) in [7, 11) is 0. The van der Waals surface area contributed by atoms with Gasteiger partial charge in [0.25, 0.3) is 0 Å². The van der Waals surface area contributed by atoms with Gasteiger partial charge in [-0.1, -0.05) is 6.92 Å². The molecule has 1 fully saturated rings. The molecule has 0 radical (unpaired) electrons. The van der Waals surface area contributed by atoms with E-state index in [1.54, 1.807) is 0 Å². The third kappa shape index (κ3) is 6.33. The summed E-state index contributed by atoms with van der Waals surface area (Å²) < 4.78 is 40.7. The molecule has 1 aliphatic rings. The van der Waals surface area contributed by atoms with Gasteiger partial charge in [0.2, 0.25) is 0 Å². The van der Waals surface area contributed by atoms with Crippen molar-refractivity contribution in [2.24, 2.45) is 5.92 Å². The molecule has 1 saturated carbocycles. The summed E-state index contributed by atoms with van der Waals surface area (Å²) in [4.78, 5) is 0. The molecule has 1 atom stereocenters. The van der Waals surface area contributed by atoms with Gasteiger partial charge in [-0.05, 0) is 31.7 Å². The summed E-state index contributed by atoms with van der Waals surface area (Å²) in [6.45, 7) is 3.16. The quantitative estimate of drug-likeness (QED) is 0.658. The lowest BCUT2D eigenvalue weighted by atomic mass is 10.2. The Morgan fingerprint density at radius 3 is 2.56 bits per heavy atom. The van der Waals surface area contributed by atoms with Crippen molar-refractivity contribution >= 4 is 0 Å². The summed E-state index contributed by atoms with van der Waals surface area (Å²) in [6, 6.07) is 0.244. The van der Waals surface area contributed by atoms with E-state index in [1.807, 2.05) is 0 Å². The lowest BCUT2D eigenvalue weighted by molar-refractivity contribution is -0.145. The molecule has 5 heteroatoms. The molecule has 0 aromatic rings. The van der Waals surface area contributed by atoms with Gasteiger partial charge in [-0.3, -0.25) is 0 Å². The smallest absolute Gasteiger partial charge is 0.379 e. The number of ether oxygens (including phenoxy) is 1. The zero-order valence-electron chi connectivity index (χ0n) is 9.65. The fraction of sp³-hybridized carbons (Fsp3) is 1.00. The average molecular weight is 239 g/mol. The number of hydrogen-bond acceptors (Lipinski definition) is 2. The van der Waals surface area contributed by atoms with Crippen LogP contribution in [0.4, 0.5) is 13.2 Å². The van der Waals surface area contributed by atoms with Crippen LogP contribution in [0.5, 0.6) is 0 Å². The second-order valence-electron chi connectivity index (χ2n) is 4.34. The van der Waals surface area contributed by atoms with Gasteiger partial charge >= 0.3 is 6.18 Å². The minimum Gasteiger partial charge on any atom is -0.379 e. The molecular formula is C11H20F3NO. The van der Waals surface area contributed by atoms with Gasteiger partial charge < -0.3 is 10.1 Å². The summed E-state index contributed by atoms with van der Waals surface area (Å²) in [5.41, 5.74) is 0. The standard InChI is InChI=1S/C11H20F3NO/c1-2-6-15-10(9-3-4-9)8-16-7-5-11(12,13)14/h9-10,15H,2-8H2,1H3. The van der Waals surface area contributed by atoms with E-state index in [-0.39, 0.29) is 12.6 Å². The molecule has 1 N–H and O–H groups in total. The molecule has 0 bridgehead atoms. The Morgan fingerprint density at radius 2 is 2.06 bits per heavy atom. The number of rotatable bonds is 8. The minimum absolute atomic E-state index is 0.222. The van der Waals surface area contributed by atoms with Gasteiger partial charge in [0.05, 0.1) is 19.6 Å². The highest BCUT2D eigenvalue weighted by Crippen LogP contribution is 2.32. The first-order chi connectivity index (χ1) is 7.53. The van der Waals surface area contributed by atoms with Crippen molar-refractivity contribution in [3.8, 4) is 0 Å². The lowest BCUT2D eigenvalue weighted by Crippen LogP contribution is -2.36. The van der Waals surface area contributed by atoms with Crippen LogP contribution in [-0.4, -0.2) is 32.0 Å². The molecule has 2 nitrogen and oxygen atoms in total. The molecule has 0 aromatic carbocycles. The van der Waals surface area contributed by atoms with Crippen molar-refractivity contribution in [2.45, 2.75) is 44.8 Å². The molecule has 16 heavy (non-hydrogen) atoms. The fourth-order valence-corrected chi connectivity index (χ4v) is 1.59. The first-order valence-electron chi connectivity index (χ1n) is 5.91. The highest BCUT2D eigenvalue weighted by molar-refractivity contribution is 4.86. The molecule has 1 rings (SSSR count). The van der Waals surface area contributed by atoms with E-state index >= 15 is 0 Å². The Labute approximate surface area is 94.5 Å². The Hall–Kier alpha value is -0.290. The second kappa shape index (κ2) is 6.45. The van der Waals surface area contributed by atoms with Gasteiger partial charge in [-0.15, -0.1) is 0 Å². The third-order valence-electron chi connectivity index (χ3n) is 2.67. The molecule has 1 unspecified atom stereocenters. The zero-order chi connectivity index (χ0) is 12.0. The van der Waals surface area contributed by atoms with Gasteiger partial charge in [-0.25, -0.2) is 0 Å². The molecule has 0 aliphatic heterocycles. The SMILES string of the molecule is CCCNC(COCCC(F)(F)F)C1CC1. The van der Waals surface area contributed by atoms with Crippen LogP contribution in [0.3, 0.4) is 0 Å². The second-order valence-corrected chi connectivity index (χ2v) is 4.34.